The van der Waals surface area contributed by atoms with Crippen molar-refractivity contribution in [2.24, 2.45) is 0 Å². The van der Waals surface area contributed by atoms with E-state index in [0.29, 0.717) is 0 Å². The summed E-state index contributed by atoms with van der Waals surface area (Å²) in [6.45, 7) is 6.08. The van der Waals surface area contributed by atoms with Gasteiger partial charge in [0, 0.05) is 6.54 Å². The molecule has 0 fully saturated rings. The SMILES string of the molecule is Cc1cccc(C)c1CCNCc1cccc(C#N)c1. The summed E-state index contributed by atoms with van der Waals surface area (Å²) in [6, 6.07) is 16.4. The van der Waals surface area contributed by atoms with Crippen molar-refractivity contribution in [1.29, 1.82) is 5.26 Å². The first-order valence-electron chi connectivity index (χ1n) is 6.95. The first-order valence-corrected chi connectivity index (χ1v) is 6.95. The maximum absolute atomic E-state index is 8.87. The maximum atomic E-state index is 8.87. The molecule has 0 bridgehead atoms. The van der Waals surface area contributed by atoms with Gasteiger partial charge in [0.2, 0.25) is 0 Å². The lowest BCUT2D eigenvalue weighted by Gasteiger charge is -2.10. The topological polar surface area (TPSA) is 35.8 Å². The van der Waals surface area contributed by atoms with Crippen molar-refractivity contribution in [2.45, 2.75) is 26.8 Å². The van der Waals surface area contributed by atoms with Crippen LogP contribution in [0.2, 0.25) is 0 Å². The minimum atomic E-state index is 0.721. The highest BCUT2D eigenvalue weighted by molar-refractivity contribution is 5.34. The van der Waals surface area contributed by atoms with Gasteiger partial charge in [0.05, 0.1) is 11.6 Å². The van der Waals surface area contributed by atoms with Crippen LogP contribution in [0.15, 0.2) is 42.5 Å². The van der Waals surface area contributed by atoms with Crippen LogP contribution in [-0.4, -0.2) is 6.54 Å². The van der Waals surface area contributed by atoms with Gasteiger partial charge in [0.25, 0.3) is 0 Å². The van der Waals surface area contributed by atoms with Crippen LogP contribution in [0.5, 0.6) is 0 Å². The number of rotatable bonds is 5. The Labute approximate surface area is 121 Å². The number of hydrogen-bond donors (Lipinski definition) is 1. The lowest BCUT2D eigenvalue weighted by Crippen LogP contribution is -2.17. The van der Waals surface area contributed by atoms with E-state index in [1.165, 1.54) is 16.7 Å². The predicted octanol–water partition coefficient (Wildman–Crippen LogP) is 3.51. The van der Waals surface area contributed by atoms with Crippen molar-refractivity contribution in [3.05, 3.63) is 70.3 Å². The highest BCUT2D eigenvalue weighted by atomic mass is 14.8. The van der Waals surface area contributed by atoms with Crippen molar-refractivity contribution in [3.8, 4) is 6.07 Å². The fourth-order valence-electron chi connectivity index (χ4n) is 2.44. The third kappa shape index (κ3) is 3.69. The zero-order chi connectivity index (χ0) is 14.4. The Kier molecular flexibility index (Phi) is 4.92. The molecule has 102 valence electrons. The van der Waals surface area contributed by atoms with Gasteiger partial charge in [-0.1, -0.05) is 30.3 Å². The van der Waals surface area contributed by atoms with Crippen LogP contribution >= 0.6 is 0 Å². The summed E-state index contributed by atoms with van der Waals surface area (Å²) in [7, 11) is 0. The zero-order valence-corrected chi connectivity index (χ0v) is 12.1. The first kappa shape index (κ1) is 14.3. The molecule has 0 aliphatic carbocycles. The number of nitrogens with zero attached hydrogens (tertiary/aromatic N) is 1. The van der Waals surface area contributed by atoms with Crippen LogP contribution in [0, 0.1) is 25.2 Å². The molecule has 0 aliphatic heterocycles. The van der Waals surface area contributed by atoms with E-state index >= 15 is 0 Å². The molecule has 0 unspecified atom stereocenters. The minimum Gasteiger partial charge on any atom is -0.312 e. The van der Waals surface area contributed by atoms with Crippen LogP contribution in [0.25, 0.3) is 0 Å². The second-order valence-electron chi connectivity index (χ2n) is 5.11. The average Bonchev–Trinajstić information content (AvgIpc) is 2.46. The van der Waals surface area contributed by atoms with Crippen LogP contribution in [0.4, 0.5) is 0 Å². The lowest BCUT2D eigenvalue weighted by atomic mass is 10.0. The molecule has 0 saturated heterocycles. The predicted molar refractivity (Wildman–Crippen MR) is 82.5 cm³/mol. The van der Waals surface area contributed by atoms with E-state index in [-0.39, 0.29) is 0 Å². The Bertz CT molecular complexity index is 603. The van der Waals surface area contributed by atoms with E-state index in [0.717, 1.165) is 30.6 Å². The standard InChI is InChI=1S/C18H20N2/c1-14-5-3-6-15(2)18(14)9-10-20-13-17-8-4-7-16(11-17)12-19/h3-8,11,20H,9-10,13H2,1-2H3. The molecule has 2 rings (SSSR count). The summed E-state index contributed by atoms with van der Waals surface area (Å²) in [5, 5.41) is 12.3. The van der Waals surface area contributed by atoms with E-state index in [4.69, 9.17) is 5.26 Å². The van der Waals surface area contributed by atoms with Crippen LogP contribution < -0.4 is 5.32 Å². The molecule has 0 saturated carbocycles. The van der Waals surface area contributed by atoms with Crippen molar-refractivity contribution >= 4 is 0 Å². The quantitative estimate of drug-likeness (QED) is 0.839. The smallest absolute Gasteiger partial charge is 0.0991 e. The first-order chi connectivity index (χ1) is 9.70. The molecule has 0 amide bonds. The molecule has 1 N–H and O–H groups in total. The number of nitriles is 1. The Balaban J connectivity index is 1.86. The Hall–Kier alpha value is -2.11. The fourth-order valence-corrected chi connectivity index (χ4v) is 2.44. The third-order valence-corrected chi connectivity index (χ3v) is 3.58. The van der Waals surface area contributed by atoms with Crippen molar-refractivity contribution in [3.63, 3.8) is 0 Å². The maximum Gasteiger partial charge on any atom is 0.0991 e. The number of aryl methyl sites for hydroxylation is 2. The van der Waals surface area contributed by atoms with E-state index in [1.807, 2.05) is 24.3 Å². The van der Waals surface area contributed by atoms with Crippen molar-refractivity contribution in [1.82, 2.24) is 5.32 Å². The summed E-state index contributed by atoms with van der Waals surface area (Å²) < 4.78 is 0. The molecular weight excluding hydrogens is 244 g/mol. The summed E-state index contributed by atoms with van der Waals surface area (Å²) in [6.07, 6.45) is 1.04. The van der Waals surface area contributed by atoms with Gasteiger partial charge in [-0.25, -0.2) is 0 Å². The Morgan fingerprint density at radius 1 is 1.05 bits per heavy atom. The van der Waals surface area contributed by atoms with E-state index < -0.39 is 0 Å². The monoisotopic (exact) mass is 264 g/mol. The average molecular weight is 264 g/mol. The molecule has 20 heavy (non-hydrogen) atoms. The molecule has 2 nitrogen and oxygen atoms in total. The Morgan fingerprint density at radius 2 is 1.75 bits per heavy atom. The van der Waals surface area contributed by atoms with Gasteiger partial charge < -0.3 is 5.32 Å². The summed E-state index contributed by atoms with van der Waals surface area (Å²) in [4.78, 5) is 0. The number of benzene rings is 2. The molecule has 0 spiro atoms. The van der Waals surface area contributed by atoms with E-state index in [1.54, 1.807) is 0 Å². The van der Waals surface area contributed by atoms with E-state index in [9.17, 15) is 0 Å². The van der Waals surface area contributed by atoms with Crippen LogP contribution in [-0.2, 0) is 13.0 Å². The highest BCUT2D eigenvalue weighted by Gasteiger charge is 2.01. The second kappa shape index (κ2) is 6.88. The van der Waals surface area contributed by atoms with E-state index in [2.05, 4.69) is 43.4 Å². The van der Waals surface area contributed by atoms with Gasteiger partial charge in [-0.2, -0.15) is 5.26 Å². The largest absolute Gasteiger partial charge is 0.312 e. The molecule has 2 aromatic rings. The van der Waals surface area contributed by atoms with Gasteiger partial charge >= 0.3 is 0 Å². The van der Waals surface area contributed by atoms with Gasteiger partial charge in [0.1, 0.15) is 0 Å². The third-order valence-electron chi connectivity index (χ3n) is 3.58. The lowest BCUT2D eigenvalue weighted by molar-refractivity contribution is 0.684. The molecule has 0 aliphatic rings. The molecule has 0 heterocycles. The van der Waals surface area contributed by atoms with Crippen LogP contribution in [0.1, 0.15) is 27.8 Å². The molecule has 0 aromatic heterocycles. The van der Waals surface area contributed by atoms with Gasteiger partial charge in [-0.05, 0) is 61.2 Å². The molecule has 0 atom stereocenters. The zero-order valence-electron chi connectivity index (χ0n) is 12.1. The molecular formula is C18H20N2. The molecule has 2 aromatic carbocycles. The van der Waals surface area contributed by atoms with Crippen LogP contribution in [0.3, 0.4) is 0 Å². The number of hydrogen-bond acceptors (Lipinski definition) is 2. The van der Waals surface area contributed by atoms with Gasteiger partial charge in [-0.15, -0.1) is 0 Å². The van der Waals surface area contributed by atoms with Crippen molar-refractivity contribution in [2.75, 3.05) is 6.54 Å². The fraction of sp³-hybridized carbons (Fsp3) is 0.278. The number of nitrogens with one attached hydrogen (secondary N) is 1. The minimum absolute atomic E-state index is 0.721. The van der Waals surface area contributed by atoms with Crippen molar-refractivity contribution < 1.29 is 0 Å². The molecule has 2 heteroatoms. The normalized spacial score (nSPS) is 10.2. The summed E-state index contributed by atoms with van der Waals surface area (Å²) in [5.74, 6) is 0. The second-order valence-corrected chi connectivity index (χ2v) is 5.11. The summed E-state index contributed by atoms with van der Waals surface area (Å²) in [5.41, 5.74) is 6.03. The summed E-state index contributed by atoms with van der Waals surface area (Å²) >= 11 is 0. The molecule has 0 radical (unpaired) electrons. The van der Waals surface area contributed by atoms with Gasteiger partial charge in [-0.3, -0.25) is 0 Å². The van der Waals surface area contributed by atoms with Gasteiger partial charge in [0.15, 0.2) is 0 Å². The highest BCUT2D eigenvalue weighted by Crippen LogP contribution is 2.13. The Morgan fingerprint density at radius 3 is 2.45 bits per heavy atom.